The molecule has 0 spiro atoms. The molecule has 4 unspecified atom stereocenters. The fourth-order valence-corrected chi connectivity index (χ4v) is 4.49. The van der Waals surface area contributed by atoms with Gasteiger partial charge in [0.25, 0.3) is 0 Å². The summed E-state index contributed by atoms with van der Waals surface area (Å²) in [6, 6.07) is 16.2. The van der Waals surface area contributed by atoms with Crippen LogP contribution in [0.25, 0.3) is 16.7 Å². The van der Waals surface area contributed by atoms with E-state index in [2.05, 4.69) is 49.2 Å². The van der Waals surface area contributed by atoms with Crippen molar-refractivity contribution in [1.29, 1.82) is 0 Å². The molecule has 0 amide bonds. The Morgan fingerprint density at radius 2 is 1.58 bits per heavy atom. The standard InChI is InChI=1S/C22H27N3O/c1-14(2)16-13-12-15(3)22(26)21(16)17-8-4-7-11-20(17)25-23-18-9-5-6-10-19(18)24-25/h4-11,14-16,21-22,26H,12-13H2,1-3H3. The van der Waals surface area contributed by atoms with Crippen molar-refractivity contribution in [2.24, 2.45) is 17.8 Å². The van der Waals surface area contributed by atoms with Crippen LogP contribution in [-0.4, -0.2) is 26.2 Å². The van der Waals surface area contributed by atoms with Crippen LogP contribution in [-0.2, 0) is 0 Å². The zero-order valence-electron chi connectivity index (χ0n) is 15.7. The van der Waals surface area contributed by atoms with Gasteiger partial charge in [0.2, 0.25) is 0 Å². The summed E-state index contributed by atoms with van der Waals surface area (Å²) in [5, 5.41) is 20.4. The van der Waals surface area contributed by atoms with Crippen molar-refractivity contribution in [2.75, 3.05) is 0 Å². The molecule has 1 aliphatic carbocycles. The van der Waals surface area contributed by atoms with Gasteiger partial charge in [-0.25, -0.2) is 0 Å². The van der Waals surface area contributed by atoms with Crippen molar-refractivity contribution < 1.29 is 5.11 Å². The van der Waals surface area contributed by atoms with Gasteiger partial charge in [0, 0.05) is 5.92 Å². The number of rotatable bonds is 3. The monoisotopic (exact) mass is 349 g/mol. The van der Waals surface area contributed by atoms with Crippen LogP contribution in [0.15, 0.2) is 48.5 Å². The Balaban J connectivity index is 1.83. The molecule has 0 aliphatic heterocycles. The largest absolute Gasteiger partial charge is 0.392 e. The third-order valence-corrected chi connectivity index (χ3v) is 6.02. The van der Waals surface area contributed by atoms with Gasteiger partial charge >= 0.3 is 0 Å². The Morgan fingerprint density at radius 3 is 2.23 bits per heavy atom. The molecule has 1 N–H and O–H groups in total. The number of aliphatic hydroxyl groups is 1. The first kappa shape index (κ1) is 17.2. The third kappa shape index (κ3) is 2.92. The van der Waals surface area contributed by atoms with Crippen LogP contribution in [0.3, 0.4) is 0 Å². The average Bonchev–Trinajstić information content (AvgIpc) is 3.07. The van der Waals surface area contributed by atoms with Gasteiger partial charge < -0.3 is 5.11 Å². The van der Waals surface area contributed by atoms with E-state index in [1.165, 1.54) is 0 Å². The molecule has 136 valence electrons. The van der Waals surface area contributed by atoms with Crippen LogP contribution >= 0.6 is 0 Å². The third-order valence-electron chi connectivity index (χ3n) is 6.02. The lowest BCUT2D eigenvalue weighted by atomic mass is 9.65. The molecular formula is C22H27N3O. The molecule has 1 heterocycles. The fourth-order valence-electron chi connectivity index (χ4n) is 4.49. The van der Waals surface area contributed by atoms with E-state index in [9.17, 15) is 5.11 Å². The van der Waals surface area contributed by atoms with Gasteiger partial charge in [0.1, 0.15) is 11.0 Å². The van der Waals surface area contributed by atoms with Gasteiger partial charge in [0.05, 0.1) is 11.8 Å². The molecule has 1 saturated carbocycles. The molecule has 1 aromatic heterocycles. The predicted octanol–water partition coefficient (Wildman–Crippen LogP) is 4.57. The summed E-state index contributed by atoms with van der Waals surface area (Å²) in [5.74, 6) is 1.42. The van der Waals surface area contributed by atoms with Gasteiger partial charge in [-0.3, -0.25) is 0 Å². The highest BCUT2D eigenvalue weighted by Crippen LogP contribution is 2.45. The second-order valence-corrected chi connectivity index (χ2v) is 8.02. The molecule has 0 radical (unpaired) electrons. The average molecular weight is 349 g/mol. The van der Waals surface area contributed by atoms with E-state index in [4.69, 9.17) is 0 Å². The summed E-state index contributed by atoms with van der Waals surface area (Å²) in [5.41, 5.74) is 3.92. The van der Waals surface area contributed by atoms with Crippen LogP contribution < -0.4 is 0 Å². The highest BCUT2D eigenvalue weighted by Gasteiger charge is 2.40. The lowest BCUT2D eigenvalue weighted by molar-refractivity contribution is 0.0155. The summed E-state index contributed by atoms with van der Waals surface area (Å²) in [7, 11) is 0. The van der Waals surface area contributed by atoms with E-state index in [1.807, 2.05) is 30.3 Å². The Kier molecular flexibility index (Phi) is 4.53. The number of benzene rings is 2. The molecular weight excluding hydrogens is 322 g/mol. The highest BCUT2D eigenvalue weighted by molar-refractivity contribution is 5.73. The first-order valence-electron chi connectivity index (χ1n) is 9.65. The molecule has 2 aromatic carbocycles. The van der Waals surface area contributed by atoms with Crippen molar-refractivity contribution in [3.8, 4) is 5.69 Å². The van der Waals surface area contributed by atoms with E-state index < -0.39 is 0 Å². The van der Waals surface area contributed by atoms with Crippen molar-refractivity contribution in [3.63, 3.8) is 0 Å². The summed E-state index contributed by atoms with van der Waals surface area (Å²) in [6.45, 7) is 6.70. The Hall–Kier alpha value is -2.20. The summed E-state index contributed by atoms with van der Waals surface area (Å²) in [4.78, 5) is 1.74. The number of para-hydroxylation sites is 1. The lowest BCUT2D eigenvalue weighted by Gasteiger charge is -2.42. The van der Waals surface area contributed by atoms with Gasteiger partial charge in [0.15, 0.2) is 0 Å². The van der Waals surface area contributed by atoms with Crippen LogP contribution in [0.2, 0.25) is 0 Å². The Morgan fingerprint density at radius 1 is 0.962 bits per heavy atom. The SMILES string of the molecule is CC(C)C1CCC(C)C(O)C1c1ccccc1-n1nc2ccccc2n1. The van der Waals surface area contributed by atoms with Crippen LogP contribution in [0.1, 0.15) is 45.1 Å². The zero-order chi connectivity index (χ0) is 18.3. The first-order chi connectivity index (χ1) is 12.6. The normalized spacial score (nSPS) is 26.5. The minimum atomic E-state index is -0.331. The summed E-state index contributed by atoms with van der Waals surface area (Å²) in [6.07, 6.45) is 1.91. The van der Waals surface area contributed by atoms with Gasteiger partial charge in [-0.2, -0.15) is 4.80 Å². The molecule has 1 aliphatic rings. The smallest absolute Gasteiger partial charge is 0.113 e. The quantitative estimate of drug-likeness (QED) is 0.754. The van der Waals surface area contributed by atoms with Crippen molar-refractivity contribution in [2.45, 2.75) is 45.6 Å². The van der Waals surface area contributed by atoms with E-state index in [0.717, 1.165) is 35.1 Å². The summed E-state index contributed by atoms with van der Waals surface area (Å²) >= 11 is 0. The van der Waals surface area contributed by atoms with Gasteiger partial charge in [-0.05, 0) is 54.4 Å². The van der Waals surface area contributed by atoms with E-state index in [1.54, 1.807) is 4.80 Å². The van der Waals surface area contributed by atoms with Crippen molar-refractivity contribution in [3.05, 3.63) is 54.1 Å². The summed E-state index contributed by atoms with van der Waals surface area (Å²) < 4.78 is 0. The predicted molar refractivity (Wildman–Crippen MR) is 104 cm³/mol. The minimum Gasteiger partial charge on any atom is -0.392 e. The zero-order valence-corrected chi connectivity index (χ0v) is 15.7. The van der Waals surface area contributed by atoms with E-state index in [0.29, 0.717) is 17.8 Å². The topological polar surface area (TPSA) is 50.9 Å². The van der Waals surface area contributed by atoms with Gasteiger partial charge in [-0.15, -0.1) is 10.2 Å². The Bertz CT molecular complexity index is 868. The number of aromatic nitrogens is 3. The maximum atomic E-state index is 11.1. The molecule has 4 heteroatoms. The second-order valence-electron chi connectivity index (χ2n) is 8.02. The lowest BCUT2D eigenvalue weighted by Crippen LogP contribution is -2.38. The van der Waals surface area contributed by atoms with Crippen LogP contribution in [0, 0.1) is 17.8 Å². The minimum absolute atomic E-state index is 0.115. The molecule has 4 atom stereocenters. The maximum absolute atomic E-state index is 11.1. The van der Waals surface area contributed by atoms with Crippen LogP contribution in [0.5, 0.6) is 0 Å². The van der Waals surface area contributed by atoms with Crippen molar-refractivity contribution >= 4 is 11.0 Å². The molecule has 4 nitrogen and oxygen atoms in total. The maximum Gasteiger partial charge on any atom is 0.113 e. The number of fused-ring (bicyclic) bond motifs is 1. The van der Waals surface area contributed by atoms with Crippen molar-refractivity contribution in [1.82, 2.24) is 15.0 Å². The molecule has 0 saturated heterocycles. The van der Waals surface area contributed by atoms with E-state index >= 15 is 0 Å². The molecule has 1 fully saturated rings. The fraction of sp³-hybridized carbons (Fsp3) is 0.455. The number of nitrogens with zero attached hydrogens (tertiary/aromatic N) is 3. The first-order valence-corrected chi connectivity index (χ1v) is 9.65. The molecule has 26 heavy (non-hydrogen) atoms. The molecule has 3 aromatic rings. The number of hydrogen-bond acceptors (Lipinski definition) is 3. The van der Waals surface area contributed by atoms with Crippen LogP contribution in [0.4, 0.5) is 0 Å². The molecule has 4 rings (SSSR count). The highest BCUT2D eigenvalue weighted by atomic mass is 16.3. The van der Waals surface area contributed by atoms with E-state index in [-0.39, 0.29) is 12.0 Å². The Labute approximate surface area is 154 Å². The van der Waals surface area contributed by atoms with Gasteiger partial charge in [-0.1, -0.05) is 51.1 Å². The second kappa shape index (κ2) is 6.84. The number of aliphatic hydroxyl groups excluding tert-OH is 1. The molecule has 0 bridgehead atoms. The number of hydrogen-bond donors (Lipinski definition) is 1.